The number of hydrogen-bond donors (Lipinski definition) is 1. The molecule has 4 aromatic rings. The number of benzene rings is 1. The van der Waals surface area contributed by atoms with Crippen LogP contribution in [0.25, 0.3) is 16.9 Å². The summed E-state index contributed by atoms with van der Waals surface area (Å²) in [6.07, 6.45) is -3.29. The maximum absolute atomic E-state index is 13.7. The standard InChI is InChI=1S/C20H13ClF3N5O2/c1-31-12-6-4-11(5-7-12)14-9-16(20(22,23)24)29-17(26-14)10-15(28-29)19(30)27-13-3-2-8-25-18(13)21/h2-10H,1H3,(H,27,30). The molecule has 0 unspecified atom stereocenters. The number of halogens is 4. The lowest BCUT2D eigenvalue weighted by Crippen LogP contribution is -2.16. The Kier molecular flexibility index (Phi) is 5.24. The van der Waals surface area contributed by atoms with Crippen LogP contribution in [0.1, 0.15) is 16.2 Å². The van der Waals surface area contributed by atoms with E-state index in [1.54, 1.807) is 30.3 Å². The summed E-state index contributed by atoms with van der Waals surface area (Å²) in [5, 5.41) is 6.32. The van der Waals surface area contributed by atoms with Crippen molar-refractivity contribution in [1.29, 1.82) is 0 Å². The van der Waals surface area contributed by atoms with Gasteiger partial charge >= 0.3 is 6.18 Å². The lowest BCUT2D eigenvalue weighted by atomic mass is 10.1. The fourth-order valence-electron chi connectivity index (χ4n) is 2.86. The fraction of sp³-hybridized carbons (Fsp3) is 0.100. The number of nitrogens with zero attached hydrogens (tertiary/aromatic N) is 4. The van der Waals surface area contributed by atoms with Gasteiger partial charge in [0.15, 0.2) is 22.2 Å². The Morgan fingerprint density at radius 3 is 2.55 bits per heavy atom. The Labute approximate surface area is 178 Å². The van der Waals surface area contributed by atoms with Crippen LogP contribution < -0.4 is 10.1 Å². The van der Waals surface area contributed by atoms with Crippen LogP contribution in [0.5, 0.6) is 5.75 Å². The number of pyridine rings is 1. The number of ether oxygens (including phenoxy) is 1. The second-order valence-corrected chi connectivity index (χ2v) is 6.71. The first-order chi connectivity index (χ1) is 14.8. The van der Waals surface area contributed by atoms with Gasteiger partial charge in [-0.2, -0.15) is 18.3 Å². The van der Waals surface area contributed by atoms with Crippen molar-refractivity contribution in [3.8, 4) is 17.0 Å². The average molecular weight is 448 g/mol. The highest BCUT2D eigenvalue weighted by Gasteiger charge is 2.35. The lowest BCUT2D eigenvalue weighted by molar-refractivity contribution is -0.142. The Morgan fingerprint density at radius 1 is 1.16 bits per heavy atom. The summed E-state index contributed by atoms with van der Waals surface area (Å²) in [6.45, 7) is 0. The Bertz CT molecular complexity index is 1270. The third-order valence-electron chi connectivity index (χ3n) is 4.34. The highest BCUT2D eigenvalue weighted by molar-refractivity contribution is 6.32. The van der Waals surface area contributed by atoms with E-state index in [0.29, 0.717) is 15.8 Å². The molecular weight excluding hydrogens is 435 g/mol. The molecule has 11 heteroatoms. The molecule has 1 amide bonds. The van der Waals surface area contributed by atoms with Crippen LogP contribution in [0.3, 0.4) is 0 Å². The number of anilines is 1. The number of aromatic nitrogens is 4. The van der Waals surface area contributed by atoms with E-state index in [1.807, 2.05) is 0 Å². The van der Waals surface area contributed by atoms with Gasteiger partial charge in [-0.15, -0.1) is 0 Å². The van der Waals surface area contributed by atoms with Crippen molar-refractivity contribution in [2.45, 2.75) is 6.18 Å². The fourth-order valence-corrected chi connectivity index (χ4v) is 3.03. The van der Waals surface area contributed by atoms with Crippen LogP contribution >= 0.6 is 11.6 Å². The zero-order valence-corrected chi connectivity index (χ0v) is 16.6. The molecule has 3 aromatic heterocycles. The molecule has 0 bridgehead atoms. The van der Waals surface area contributed by atoms with Gasteiger partial charge in [0, 0.05) is 17.8 Å². The van der Waals surface area contributed by atoms with E-state index in [4.69, 9.17) is 16.3 Å². The Balaban J connectivity index is 1.78. The molecule has 31 heavy (non-hydrogen) atoms. The van der Waals surface area contributed by atoms with Crippen molar-refractivity contribution in [3.05, 3.63) is 71.3 Å². The molecule has 0 saturated carbocycles. The SMILES string of the molecule is COc1ccc(-c2cc(C(F)(F)F)n3nc(C(=O)Nc4cccnc4Cl)cc3n2)cc1. The van der Waals surface area contributed by atoms with E-state index in [0.717, 1.165) is 6.07 Å². The van der Waals surface area contributed by atoms with Crippen molar-refractivity contribution in [2.75, 3.05) is 12.4 Å². The molecular formula is C20H13ClF3N5O2. The number of fused-ring (bicyclic) bond motifs is 1. The van der Waals surface area contributed by atoms with Gasteiger partial charge in [-0.25, -0.2) is 14.5 Å². The number of carbonyl (C=O) groups is 1. The van der Waals surface area contributed by atoms with E-state index in [9.17, 15) is 18.0 Å². The second-order valence-electron chi connectivity index (χ2n) is 6.35. The number of methoxy groups -OCH3 is 1. The molecule has 3 heterocycles. The first-order valence-corrected chi connectivity index (χ1v) is 9.18. The number of hydrogen-bond acceptors (Lipinski definition) is 5. The van der Waals surface area contributed by atoms with Crippen LogP contribution in [0, 0.1) is 0 Å². The minimum atomic E-state index is -4.73. The molecule has 158 valence electrons. The zero-order valence-electron chi connectivity index (χ0n) is 15.8. The van der Waals surface area contributed by atoms with E-state index in [-0.39, 0.29) is 27.9 Å². The summed E-state index contributed by atoms with van der Waals surface area (Å²) in [7, 11) is 1.48. The van der Waals surface area contributed by atoms with Crippen molar-refractivity contribution in [1.82, 2.24) is 19.6 Å². The molecule has 0 aliphatic rings. The molecule has 0 saturated heterocycles. The first kappa shape index (κ1) is 20.6. The number of carbonyl (C=O) groups excluding carboxylic acids is 1. The summed E-state index contributed by atoms with van der Waals surface area (Å²) in [5.41, 5.74) is -0.739. The molecule has 0 aliphatic heterocycles. The topological polar surface area (TPSA) is 81.4 Å². The number of amides is 1. The van der Waals surface area contributed by atoms with Gasteiger partial charge in [-0.05, 0) is 42.5 Å². The van der Waals surface area contributed by atoms with Gasteiger partial charge in [0.05, 0.1) is 18.5 Å². The number of nitrogens with one attached hydrogen (secondary N) is 1. The number of alkyl halides is 3. The number of rotatable bonds is 4. The predicted octanol–water partition coefficient (Wildman–Crippen LogP) is 4.72. The van der Waals surface area contributed by atoms with Gasteiger partial charge in [0.2, 0.25) is 0 Å². The minimum Gasteiger partial charge on any atom is -0.497 e. The van der Waals surface area contributed by atoms with E-state index in [1.165, 1.54) is 25.4 Å². The summed E-state index contributed by atoms with van der Waals surface area (Å²) in [6, 6.07) is 11.5. The van der Waals surface area contributed by atoms with Crippen molar-refractivity contribution >= 4 is 28.8 Å². The molecule has 7 nitrogen and oxygen atoms in total. The average Bonchev–Trinajstić information content (AvgIpc) is 3.18. The van der Waals surface area contributed by atoms with Crippen LogP contribution in [0.4, 0.5) is 18.9 Å². The van der Waals surface area contributed by atoms with E-state index < -0.39 is 17.8 Å². The maximum Gasteiger partial charge on any atom is 0.433 e. The third-order valence-corrected chi connectivity index (χ3v) is 4.64. The van der Waals surface area contributed by atoms with Gasteiger partial charge < -0.3 is 10.1 Å². The van der Waals surface area contributed by atoms with E-state index in [2.05, 4.69) is 20.4 Å². The van der Waals surface area contributed by atoms with Gasteiger partial charge in [-0.3, -0.25) is 4.79 Å². The van der Waals surface area contributed by atoms with E-state index >= 15 is 0 Å². The minimum absolute atomic E-state index is 0.0375. The normalized spacial score (nSPS) is 11.5. The van der Waals surface area contributed by atoms with Crippen LogP contribution in [-0.2, 0) is 6.18 Å². The largest absolute Gasteiger partial charge is 0.497 e. The van der Waals surface area contributed by atoms with Crippen molar-refractivity contribution in [3.63, 3.8) is 0 Å². The molecule has 0 radical (unpaired) electrons. The monoisotopic (exact) mass is 447 g/mol. The van der Waals surface area contributed by atoms with Crippen molar-refractivity contribution < 1.29 is 22.7 Å². The second kappa shape index (κ2) is 7.88. The summed E-state index contributed by atoms with van der Waals surface area (Å²) in [5.74, 6) is -0.197. The molecule has 1 N–H and O–H groups in total. The molecule has 0 fully saturated rings. The van der Waals surface area contributed by atoms with Gasteiger partial charge in [-0.1, -0.05) is 11.6 Å². The van der Waals surface area contributed by atoms with Crippen molar-refractivity contribution in [2.24, 2.45) is 0 Å². The maximum atomic E-state index is 13.7. The molecule has 0 aliphatic carbocycles. The molecule has 4 rings (SSSR count). The zero-order chi connectivity index (χ0) is 22.2. The molecule has 0 atom stereocenters. The third kappa shape index (κ3) is 4.15. The summed E-state index contributed by atoms with van der Waals surface area (Å²) in [4.78, 5) is 20.6. The molecule has 0 spiro atoms. The van der Waals surface area contributed by atoms with Crippen LogP contribution in [0.15, 0.2) is 54.7 Å². The van der Waals surface area contributed by atoms with Gasteiger partial charge in [0.1, 0.15) is 5.75 Å². The summed E-state index contributed by atoms with van der Waals surface area (Å²) < 4.78 is 46.8. The Morgan fingerprint density at radius 2 is 1.90 bits per heavy atom. The van der Waals surface area contributed by atoms with Gasteiger partial charge in [0.25, 0.3) is 5.91 Å². The lowest BCUT2D eigenvalue weighted by Gasteiger charge is -2.11. The quantitative estimate of drug-likeness (QED) is 0.458. The Hall–Kier alpha value is -3.66. The highest BCUT2D eigenvalue weighted by atomic mass is 35.5. The van der Waals surface area contributed by atoms with Crippen LogP contribution in [0.2, 0.25) is 5.15 Å². The smallest absolute Gasteiger partial charge is 0.433 e. The molecule has 1 aromatic carbocycles. The first-order valence-electron chi connectivity index (χ1n) is 8.80. The van der Waals surface area contributed by atoms with Crippen LogP contribution in [-0.4, -0.2) is 32.6 Å². The predicted molar refractivity (Wildman–Crippen MR) is 107 cm³/mol. The highest BCUT2D eigenvalue weighted by Crippen LogP contribution is 2.33. The summed E-state index contributed by atoms with van der Waals surface area (Å²) >= 11 is 5.91.